The fourth-order valence-corrected chi connectivity index (χ4v) is 1.77. The molecule has 0 saturated carbocycles. The van der Waals surface area contributed by atoms with E-state index in [2.05, 4.69) is 39.8 Å². The molecule has 4 heteroatoms. The van der Waals surface area contributed by atoms with E-state index in [9.17, 15) is 0 Å². The summed E-state index contributed by atoms with van der Waals surface area (Å²) in [5.74, 6) is 0. The number of H-pyrrole nitrogens is 1. The Bertz CT molecular complexity index is 328. The van der Waals surface area contributed by atoms with E-state index in [1.54, 1.807) is 6.33 Å². The number of imidazole rings is 1. The quantitative estimate of drug-likeness (QED) is 0.708. The third-order valence-electron chi connectivity index (χ3n) is 1.53. The Balaban J connectivity index is 2.98. The van der Waals surface area contributed by atoms with Crippen LogP contribution in [0.15, 0.2) is 12.5 Å². The molecule has 3 nitrogen and oxygen atoms in total. The van der Waals surface area contributed by atoms with Crippen LogP contribution in [-0.2, 0) is 0 Å². The molecular formula is C6H6IN3. The van der Waals surface area contributed by atoms with Gasteiger partial charge in [-0.3, -0.25) is 2.78 Å². The highest BCUT2D eigenvalue weighted by molar-refractivity contribution is 14.1. The summed E-state index contributed by atoms with van der Waals surface area (Å²) in [7, 11) is 0. The van der Waals surface area contributed by atoms with Gasteiger partial charge in [-0.05, 0) is 12.5 Å². The molecule has 1 N–H and O–H groups in total. The fraction of sp³-hybridized carbons (Fsp3) is 0.167. The summed E-state index contributed by atoms with van der Waals surface area (Å²) in [6.07, 6.45) is 3.77. The topological polar surface area (TPSA) is 33.6 Å². The van der Waals surface area contributed by atoms with Crippen LogP contribution in [0.25, 0.3) is 11.2 Å². The van der Waals surface area contributed by atoms with Gasteiger partial charge in [-0.1, -0.05) is 0 Å². The second-order valence-electron chi connectivity index (χ2n) is 2.22. The lowest BCUT2D eigenvalue weighted by atomic mass is 10.4. The number of aromatic nitrogens is 3. The average molecular weight is 247 g/mol. The first kappa shape index (κ1) is 6.21. The maximum absolute atomic E-state index is 4.14. The monoisotopic (exact) mass is 247 g/mol. The summed E-state index contributed by atoms with van der Waals surface area (Å²) in [6, 6.07) is 0. The Morgan fingerprint density at radius 1 is 1.70 bits per heavy atom. The molecule has 2 heterocycles. The zero-order chi connectivity index (χ0) is 7.14. The third kappa shape index (κ3) is 0.681. The molecule has 2 aromatic rings. The number of nitrogens with one attached hydrogen (secondary N) is 1. The van der Waals surface area contributed by atoms with Crippen molar-refractivity contribution < 1.29 is 0 Å². The highest BCUT2D eigenvalue weighted by Gasteiger charge is 2.03. The lowest BCUT2D eigenvalue weighted by Crippen LogP contribution is -1.73. The molecule has 0 bridgehead atoms. The summed E-state index contributed by atoms with van der Waals surface area (Å²) in [5.41, 5.74) is 3.38. The van der Waals surface area contributed by atoms with Crippen molar-refractivity contribution in [3.05, 3.63) is 18.1 Å². The molecule has 0 aliphatic rings. The molecule has 0 aliphatic carbocycles. The molecular weight excluding hydrogens is 241 g/mol. The first-order valence-electron chi connectivity index (χ1n) is 2.96. The largest absolute Gasteiger partial charge is 0.345 e. The van der Waals surface area contributed by atoms with E-state index >= 15 is 0 Å². The van der Waals surface area contributed by atoms with Crippen molar-refractivity contribution in [2.75, 3.05) is 0 Å². The molecule has 0 aliphatic heterocycles. The van der Waals surface area contributed by atoms with Gasteiger partial charge < -0.3 is 4.98 Å². The zero-order valence-electron chi connectivity index (χ0n) is 5.43. The van der Waals surface area contributed by atoms with Gasteiger partial charge in [-0.25, -0.2) is 4.98 Å². The van der Waals surface area contributed by atoms with Crippen LogP contribution in [0.4, 0.5) is 0 Å². The average Bonchev–Trinajstić information content (AvgIpc) is 2.40. The van der Waals surface area contributed by atoms with Crippen LogP contribution in [0.5, 0.6) is 0 Å². The van der Waals surface area contributed by atoms with Crippen LogP contribution in [0.1, 0.15) is 5.56 Å². The second kappa shape index (κ2) is 1.98. The van der Waals surface area contributed by atoms with Gasteiger partial charge in [-0.15, -0.1) is 0 Å². The van der Waals surface area contributed by atoms with E-state index < -0.39 is 0 Å². The van der Waals surface area contributed by atoms with E-state index in [0.717, 1.165) is 5.65 Å². The predicted molar refractivity (Wildman–Crippen MR) is 48.2 cm³/mol. The van der Waals surface area contributed by atoms with Crippen LogP contribution >= 0.6 is 22.9 Å². The van der Waals surface area contributed by atoms with Crippen molar-refractivity contribution in [1.29, 1.82) is 0 Å². The van der Waals surface area contributed by atoms with Gasteiger partial charge in [0, 0.05) is 6.20 Å². The summed E-state index contributed by atoms with van der Waals surface area (Å²) < 4.78 is 1.99. The van der Waals surface area contributed by atoms with Crippen molar-refractivity contribution in [1.82, 2.24) is 12.7 Å². The summed E-state index contributed by atoms with van der Waals surface area (Å²) >= 11 is 2.21. The predicted octanol–water partition coefficient (Wildman–Crippen LogP) is 1.87. The molecule has 0 fully saturated rings. The number of aryl methyl sites for hydroxylation is 1. The number of fused-ring (bicyclic) bond motifs is 1. The zero-order valence-corrected chi connectivity index (χ0v) is 7.58. The van der Waals surface area contributed by atoms with Gasteiger partial charge >= 0.3 is 0 Å². The maximum atomic E-state index is 4.14. The molecule has 10 heavy (non-hydrogen) atoms. The summed E-state index contributed by atoms with van der Waals surface area (Å²) in [5, 5.41) is 0. The molecule has 0 saturated heterocycles. The molecule has 0 atom stereocenters. The molecule has 2 aromatic heterocycles. The Hall–Kier alpha value is -0.520. The molecule has 0 spiro atoms. The van der Waals surface area contributed by atoms with Crippen molar-refractivity contribution in [3.8, 4) is 0 Å². The van der Waals surface area contributed by atoms with Crippen molar-refractivity contribution in [2.45, 2.75) is 6.92 Å². The van der Waals surface area contributed by atoms with Gasteiger partial charge in [0.2, 0.25) is 0 Å². The minimum atomic E-state index is 0.965. The number of rotatable bonds is 0. The third-order valence-corrected chi connectivity index (χ3v) is 2.26. The molecule has 0 unspecified atom stereocenters. The van der Waals surface area contributed by atoms with Crippen LogP contribution in [0, 0.1) is 6.92 Å². The van der Waals surface area contributed by atoms with E-state index in [4.69, 9.17) is 0 Å². The van der Waals surface area contributed by atoms with Gasteiger partial charge in [0.1, 0.15) is 6.33 Å². The normalized spacial score (nSPS) is 11.0. The van der Waals surface area contributed by atoms with Crippen LogP contribution in [-0.4, -0.2) is 12.7 Å². The lowest BCUT2D eigenvalue weighted by Gasteiger charge is -1.86. The minimum absolute atomic E-state index is 0.965. The van der Waals surface area contributed by atoms with E-state index in [1.165, 1.54) is 11.1 Å². The van der Waals surface area contributed by atoms with Crippen LogP contribution < -0.4 is 0 Å². The Morgan fingerprint density at radius 3 is 3.20 bits per heavy atom. The molecule has 0 amide bonds. The first-order valence-corrected chi connectivity index (χ1v) is 3.92. The van der Waals surface area contributed by atoms with Gasteiger partial charge in [0.05, 0.1) is 28.4 Å². The number of hydrogen-bond acceptors (Lipinski definition) is 1. The smallest absolute Gasteiger partial charge is 0.156 e. The fourth-order valence-electron chi connectivity index (χ4n) is 1.03. The number of hydrogen-bond donors (Lipinski definition) is 1. The Morgan fingerprint density at radius 2 is 2.50 bits per heavy atom. The van der Waals surface area contributed by atoms with Crippen molar-refractivity contribution >= 4 is 34.0 Å². The number of halogens is 1. The Labute approximate surface area is 71.9 Å². The second-order valence-corrected chi connectivity index (χ2v) is 3.26. The molecule has 0 aromatic carbocycles. The molecule has 0 radical (unpaired) electrons. The van der Waals surface area contributed by atoms with Gasteiger partial charge in [0.25, 0.3) is 0 Å². The summed E-state index contributed by atoms with van der Waals surface area (Å²) in [6.45, 7) is 2.07. The number of nitrogens with zero attached hydrogens (tertiary/aromatic N) is 2. The maximum Gasteiger partial charge on any atom is 0.156 e. The van der Waals surface area contributed by atoms with Gasteiger partial charge in [-0.2, -0.15) is 0 Å². The van der Waals surface area contributed by atoms with E-state index in [1.807, 2.05) is 8.98 Å². The Kier molecular flexibility index (Phi) is 1.23. The number of aromatic amines is 1. The highest BCUT2D eigenvalue weighted by atomic mass is 127. The minimum Gasteiger partial charge on any atom is -0.345 e. The van der Waals surface area contributed by atoms with Crippen molar-refractivity contribution in [3.63, 3.8) is 0 Å². The van der Waals surface area contributed by atoms with E-state index in [-0.39, 0.29) is 0 Å². The highest BCUT2D eigenvalue weighted by Crippen LogP contribution is 2.17. The summed E-state index contributed by atoms with van der Waals surface area (Å²) in [4.78, 5) is 7.21. The SMILES string of the molecule is Cc1c[nH]c2ncn(I)c12. The molecule has 52 valence electrons. The molecule has 2 rings (SSSR count). The standard InChI is InChI=1S/C6H6IN3/c1-4-2-8-6-5(4)10(7)3-9-6/h2-3,8H,1H3. The van der Waals surface area contributed by atoms with Crippen LogP contribution in [0.3, 0.4) is 0 Å². The van der Waals surface area contributed by atoms with Crippen molar-refractivity contribution in [2.24, 2.45) is 0 Å². The lowest BCUT2D eigenvalue weighted by molar-refractivity contribution is 1.26. The van der Waals surface area contributed by atoms with Gasteiger partial charge in [0.15, 0.2) is 5.65 Å². The first-order chi connectivity index (χ1) is 4.79. The van der Waals surface area contributed by atoms with E-state index in [0.29, 0.717) is 0 Å². The van der Waals surface area contributed by atoms with Crippen LogP contribution in [0.2, 0.25) is 0 Å².